The Morgan fingerprint density at radius 2 is 1.63 bits per heavy atom. The molecule has 1 aliphatic heterocycles. The predicted octanol–water partition coefficient (Wildman–Crippen LogP) is 5.42. The van der Waals surface area contributed by atoms with Gasteiger partial charge in [0.2, 0.25) is 5.91 Å². The number of amides is 1. The van der Waals surface area contributed by atoms with Gasteiger partial charge < -0.3 is 9.80 Å². The summed E-state index contributed by atoms with van der Waals surface area (Å²) < 4.78 is 0. The summed E-state index contributed by atoms with van der Waals surface area (Å²) in [5.41, 5.74) is 3.04. The minimum absolute atomic E-state index is 0.295. The van der Waals surface area contributed by atoms with Gasteiger partial charge in [-0.25, -0.2) is 9.97 Å². The first kappa shape index (κ1) is 22.5. The maximum absolute atomic E-state index is 12.5. The molecule has 2 heterocycles. The monoisotopic (exact) mass is 428 g/mol. The zero-order valence-electron chi connectivity index (χ0n) is 18.5. The van der Waals surface area contributed by atoms with Gasteiger partial charge in [0.05, 0.1) is 0 Å². The van der Waals surface area contributed by atoms with Crippen LogP contribution in [0.25, 0.3) is 11.4 Å². The van der Waals surface area contributed by atoms with Crippen molar-refractivity contribution in [3.8, 4) is 11.4 Å². The number of halogens is 1. The molecular weight excluding hydrogens is 396 g/mol. The van der Waals surface area contributed by atoms with E-state index < -0.39 is 0 Å². The van der Waals surface area contributed by atoms with E-state index in [0.717, 1.165) is 67.5 Å². The number of carbonyl (C=O) groups is 1. The second-order valence-corrected chi connectivity index (χ2v) is 8.56. The molecule has 0 N–H and O–H groups in total. The second kappa shape index (κ2) is 10.8. The van der Waals surface area contributed by atoms with Crippen molar-refractivity contribution in [3.05, 3.63) is 40.5 Å². The Morgan fingerprint density at radius 1 is 0.967 bits per heavy atom. The third kappa shape index (κ3) is 5.72. The molecule has 30 heavy (non-hydrogen) atoms. The smallest absolute Gasteiger partial charge is 0.222 e. The molecule has 0 saturated carbocycles. The van der Waals surface area contributed by atoms with E-state index in [4.69, 9.17) is 16.6 Å². The lowest BCUT2D eigenvalue weighted by atomic mass is 10.1. The molecule has 0 radical (unpaired) electrons. The number of piperazine rings is 1. The Hall–Kier alpha value is -2.14. The summed E-state index contributed by atoms with van der Waals surface area (Å²) in [5.74, 6) is 1.98. The van der Waals surface area contributed by atoms with Gasteiger partial charge in [0, 0.05) is 54.4 Å². The number of hydrogen-bond acceptors (Lipinski definition) is 4. The number of hydrogen-bond donors (Lipinski definition) is 0. The Balaban J connectivity index is 1.62. The molecule has 2 aromatic rings. The predicted molar refractivity (Wildman–Crippen MR) is 124 cm³/mol. The summed E-state index contributed by atoms with van der Waals surface area (Å²) in [6.45, 7) is 9.43. The van der Waals surface area contributed by atoms with Crippen molar-refractivity contribution in [2.75, 3.05) is 31.1 Å². The van der Waals surface area contributed by atoms with Crippen LogP contribution in [-0.4, -0.2) is 47.0 Å². The molecule has 1 amide bonds. The molecule has 1 aromatic carbocycles. The third-order valence-electron chi connectivity index (χ3n) is 5.89. The molecular formula is C24H33ClN4O. The molecule has 5 nitrogen and oxygen atoms in total. The van der Waals surface area contributed by atoms with Crippen LogP contribution in [0.3, 0.4) is 0 Å². The van der Waals surface area contributed by atoms with E-state index in [1.807, 2.05) is 36.1 Å². The van der Waals surface area contributed by atoms with Crippen LogP contribution < -0.4 is 4.90 Å². The molecule has 1 aliphatic rings. The first-order valence-electron chi connectivity index (χ1n) is 11.1. The normalized spacial score (nSPS) is 14.3. The summed E-state index contributed by atoms with van der Waals surface area (Å²) in [6.07, 6.45) is 6.58. The van der Waals surface area contributed by atoms with Gasteiger partial charge in [-0.1, -0.05) is 44.2 Å². The SMILES string of the molecule is CCCCCCCC(=O)N1CCN(c2nc(-c3ccc(Cl)cc3)nc(C)c2C)CC1. The van der Waals surface area contributed by atoms with Crippen LogP contribution >= 0.6 is 11.6 Å². The van der Waals surface area contributed by atoms with Gasteiger partial charge in [0.15, 0.2) is 5.82 Å². The molecule has 0 aliphatic carbocycles. The van der Waals surface area contributed by atoms with Gasteiger partial charge in [0.1, 0.15) is 5.82 Å². The fourth-order valence-electron chi connectivity index (χ4n) is 3.86. The zero-order valence-corrected chi connectivity index (χ0v) is 19.2. The number of unbranched alkanes of at least 4 members (excludes halogenated alkanes) is 4. The standard InChI is InChI=1S/C24H33ClN4O/c1-4-5-6-7-8-9-22(30)28-14-16-29(17-15-28)24-18(2)19(3)26-23(27-24)20-10-12-21(25)13-11-20/h10-13H,4-9,14-17H2,1-3H3. The number of benzene rings is 1. The van der Waals surface area contributed by atoms with Crippen LogP contribution in [0.2, 0.25) is 5.02 Å². The van der Waals surface area contributed by atoms with Gasteiger partial charge >= 0.3 is 0 Å². The number of carbonyl (C=O) groups excluding carboxylic acids is 1. The van der Waals surface area contributed by atoms with E-state index in [2.05, 4.69) is 23.7 Å². The number of aryl methyl sites for hydroxylation is 1. The summed E-state index contributed by atoms with van der Waals surface area (Å²) in [5, 5.41) is 0.703. The lowest BCUT2D eigenvalue weighted by Gasteiger charge is -2.36. The molecule has 0 bridgehead atoms. The van der Waals surface area contributed by atoms with Crippen molar-refractivity contribution in [2.45, 2.75) is 59.3 Å². The third-order valence-corrected chi connectivity index (χ3v) is 6.14. The van der Waals surface area contributed by atoms with Crippen LogP contribution in [0.4, 0.5) is 5.82 Å². The first-order chi connectivity index (χ1) is 14.5. The van der Waals surface area contributed by atoms with Crippen molar-refractivity contribution < 1.29 is 4.79 Å². The highest BCUT2D eigenvalue weighted by Gasteiger charge is 2.23. The van der Waals surface area contributed by atoms with Crippen molar-refractivity contribution in [3.63, 3.8) is 0 Å². The molecule has 1 fully saturated rings. The van der Waals surface area contributed by atoms with Gasteiger partial charge in [-0.05, 0) is 44.5 Å². The van der Waals surface area contributed by atoms with E-state index in [9.17, 15) is 4.79 Å². The number of anilines is 1. The summed E-state index contributed by atoms with van der Waals surface area (Å²) in [7, 11) is 0. The van der Waals surface area contributed by atoms with Gasteiger partial charge in [0.25, 0.3) is 0 Å². The second-order valence-electron chi connectivity index (χ2n) is 8.12. The van der Waals surface area contributed by atoms with Crippen LogP contribution in [0.15, 0.2) is 24.3 Å². The largest absolute Gasteiger partial charge is 0.353 e. The van der Waals surface area contributed by atoms with E-state index in [0.29, 0.717) is 17.4 Å². The fraction of sp³-hybridized carbons (Fsp3) is 0.542. The first-order valence-corrected chi connectivity index (χ1v) is 11.5. The van der Waals surface area contributed by atoms with Crippen LogP contribution in [-0.2, 0) is 4.79 Å². The Labute approximate surface area is 185 Å². The van der Waals surface area contributed by atoms with Gasteiger partial charge in [-0.2, -0.15) is 0 Å². The van der Waals surface area contributed by atoms with Crippen molar-refractivity contribution >= 4 is 23.3 Å². The van der Waals surface area contributed by atoms with Crippen LogP contribution in [0.1, 0.15) is 56.7 Å². The van der Waals surface area contributed by atoms with Crippen molar-refractivity contribution in [2.24, 2.45) is 0 Å². The van der Waals surface area contributed by atoms with Crippen molar-refractivity contribution in [1.29, 1.82) is 0 Å². The van der Waals surface area contributed by atoms with Gasteiger partial charge in [-0.15, -0.1) is 0 Å². The minimum atomic E-state index is 0.295. The molecule has 0 spiro atoms. The highest BCUT2D eigenvalue weighted by molar-refractivity contribution is 6.30. The lowest BCUT2D eigenvalue weighted by molar-refractivity contribution is -0.131. The Morgan fingerprint density at radius 3 is 2.30 bits per heavy atom. The summed E-state index contributed by atoms with van der Waals surface area (Å²) in [4.78, 5) is 26.4. The van der Waals surface area contributed by atoms with E-state index in [1.165, 1.54) is 19.3 Å². The fourth-order valence-corrected chi connectivity index (χ4v) is 3.98. The van der Waals surface area contributed by atoms with Crippen LogP contribution in [0.5, 0.6) is 0 Å². The maximum atomic E-state index is 12.5. The Bertz CT molecular complexity index is 845. The molecule has 6 heteroatoms. The minimum Gasteiger partial charge on any atom is -0.353 e. The highest BCUT2D eigenvalue weighted by Crippen LogP contribution is 2.26. The topological polar surface area (TPSA) is 49.3 Å². The summed E-state index contributed by atoms with van der Waals surface area (Å²) >= 11 is 6.02. The number of aromatic nitrogens is 2. The van der Waals surface area contributed by atoms with Crippen LogP contribution in [0, 0.1) is 13.8 Å². The number of nitrogens with zero attached hydrogens (tertiary/aromatic N) is 4. The lowest BCUT2D eigenvalue weighted by Crippen LogP contribution is -2.49. The van der Waals surface area contributed by atoms with E-state index in [1.54, 1.807) is 0 Å². The van der Waals surface area contributed by atoms with E-state index in [-0.39, 0.29) is 0 Å². The highest BCUT2D eigenvalue weighted by atomic mass is 35.5. The van der Waals surface area contributed by atoms with E-state index >= 15 is 0 Å². The van der Waals surface area contributed by atoms with Crippen molar-refractivity contribution in [1.82, 2.24) is 14.9 Å². The molecule has 1 aromatic heterocycles. The number of rotatable bonds is 8. The molecule has 0 atom stereocenters. The Kier molecular flexibility index (Phi) is 8.08. The molecule has 3 rings (SSSR count). The summed E-state index contributed by atoms with van der Waals surface area (Å²) in [6, 6.07) is 7.63. The molecule has 0 unspecified atom stereocenters. The van der Waals surface area contributed by atoms with Gasteiger partial charge in [-0.3, -0.25) is 4.79 Å². The molecule has 162 valence electrons. The quantitative estimate of drug-likeness (QED) is 0.526. The average Bonchev–Trinajstić information content (AvgIpc) is 2.76. The average molecular weight is 429 g/mol. The zero-order chi connectivity index (χ0) is 21.5. The maximum Gasteiger partial charge on any atom is 0.222 e. The molecule has 1 saturated heterocycles.